The number of allylic oxidation sites excluding steroid dienone is 2. The number of ether oxygens (including phenoxy) is 3. The third-order valence-electron chi connectivity index (χ3n) is 4.18. The van der Waals surface area contributed by atoms with Crippen LogP contribution >= 0.6 is 0 Å². The van der Waals surface area contributed by atoms with Crippen LogP contribution in [0.4, 0.5) is 8.78 Å². The topological polar surface area (TPSA) is 73.9 Å². The third kappa shape index (κ3) is 4.33. The van der Waals surface area contributed by atoms with Crippen molar-refractivity contribution < 1.29 is 32.6 Å². The standard InChI is InChI=1S/C19H21F2NO5/c1-10-15(18(23)26-4)17(12-5-6-13(20)14(21)9-12)16(11(2)22-10)19(24)27-8-7-25-3/h5-6,9,17,22H,7-8H2,1-4H3. The molecular formula is C19H21F2NO5. The summed E-state index contributed by atoms with van der Waals surface area (Å²) in [7, 11) is 2.67. The van der Waals surface area contributed by atoms with Gasteiger partial charge in [0.1, 0.15) is 6.61 Å². The van der Waals surface area contributed by atoms with Crippen LogP contribution in [0.15, 0.2) is 40.7 Å². The van der Waals surface area contributed by atoms with Crippen molar-refractivity contribution in [3.05, 3.63) is 57.9 Å². The summed E-state index contributed by atoms with van der Waals surface area (Å²) in [4.78, 5) is 25.0. The molecule has 0 spiro atoms. The predicted molar refractivity (Wildman–Crippen MR) is 92.5 cm³/mol. The number of methoxy groups -OCH3 is 2. The first kappa shape index (κ1) is 20.6. The van der Waals surface area contributed by atoms with Crippen LogP contribution < -0.4 is 5.32 Å². The van der Waals surface area contributed by atoms with Gasteiger partial charge in [-0.25, -0.2) is 18.4 Å². The molecule has 1 N–H and O–H groups in total. The molecule has 27 heavy (non-hydrogen) atoms. The van der Waals surface area contributed by atoms with Crippen LogP contribution in [0.5, 0.6) is 0 Å². The van der Waals surface area contributed by atoms with Gasteiger partial charge in [-0.1, -0.05) is 6.07 Å². The minimum absolute atomic E-state index is 0.00681. The molecule has 1 unspecified atom stereocenters. The molecule has 0 aliphatic carbocycles. The summed E-state index contributed by atoms with van der Waals surface area (Å²) in [5.74, 6) is -4.47. The summed E-state index contributed by atoms with van der Waals surface area (Å²) < 4.78 is 42.1. The number of carbonyl (C=O) groups is 2. The molecule has 146 valence electrons. The largest absolute Gasteiger partial charge is 0.466 e. The lowest BCUT2D eigenvalue weighted by atomic mass is 9.80. The highest BCUT2D eigenvalue weighted by molar-refractivity contribution is 5.99. The van der Waals surface area contributed by atoms with Gasteiger partial charge in [0, 0.05) is 18.5 Å². The summed E-state index contributed by atoms with van der Waals surface area (Å²) in [5.41, 5.74) is 1.35. The molecule has 8 heteroatoms. The molecule has 0 saturated carbocycles. The lowest BCUT2D eigenvalue weighted by molar-refractivity contribution is -0.140. The monoisotopic (exact) mass is 381 g/mol. The number of dihydropyridines is 1. The van der Waals surface area contributed by atoms with Gasteiger partial charge >= 0.3 is 11.9 Å². The SMILES string of the molecule is COCCOC(=O)C1=C(C)NC(C)=C(C(=O)OC)C1c1ccc(F)c(F)c1. The van der Waals surface area contributed by atoms with E-state index >= 15 is 0 Å². The molecule has 0 fully saturated rings. The fourth-order valence-electron chi connectivity index (χ4n) is 2.97. The van der Waals surface area contributed by atoms with Crippen molar-refractivity contribution >= 4 is 11.9 Å². The summed E-state index contributed by atoms with van der Waals surface area (Å²) >= 11 is 0. The van der Waals surface area contributed by atoms with Crippen molar-refractivity contribution in [2.24, 2.45) is 0 Å². The second-order valence-electron chi connectivity index (χ2n) is 5.93. The molecule has 0 bridgehead atoms. The number of nitrogens with one attached hydrogen (secondary N) is 1. The molecule has 1 heterocycles. The van der Waals surface area contributed by atoms with E-state index in [9.17, 15) is 18.4 Å². The number of rotatable bonds is 6. The minimum atomic E-state index is -1.09. The van der Waals surface area contributed by atoms with Crippen molar-refractivity contribution in [3.63, 3.8) is 0 Å². The number of halogens is 2. The van der Waals surface area contributed by atoms with Crippen molar-refractivity contribution in [1.82, 2.24) is 5.32 Å². The quantitative estimate of drug-likeness (QED) is 0.603. The highest BCUT2D eigenvalue weighted by atomic mass is 19.2. The van der Waals surface area contributed by atoms with Crippen LogP contribution in [0.3, 0.4) is 0 Å². The zero-order valence-corrected chi connectivity index (χ0v) is 15.5. The zero-order valence-electron chi connectivity index (χ0n) is 15.5. The molecule has 0 radical (unpaired) electrons. The lowest BCUT2D eigenvalue weighted by Crippen LogP contribution is -2.32. The van der Waals surface area contributed by atoms with E-state index in [2.05, 4.69) is 5.32 Å². The number of carbonyl (C=O) groups excluding carboxylic acids is 2. The Bertz CT molecular complexity index is 816. The van der Waals surface area contributed by atoms with Crippen LogP contribution in [-0.2, 0) is 23.8 Å². The van der Waals surface area contributed by atoms with Crippen LogP contribution in [0, 0.1) is 11.6 Å². The van der Waals surface area contributed by atoms with Gasteiger partial charge in [-0.3, -0.25) is 0 Å². The van der Waals surface area contributed by atoms with E-state index in [0.717, 1.165) is 12.1 Å². The smallest absolute Gasteiger partial charge is 0.336 e. The molecular weight excluding hydrogens is 360 g/mol. The van der Waals surface area contributed by atoms with Crippen molar-refractivity contribution in [2.45, 2.75) is 19.8 Å². The fourth-order valence-corrected chi connectivity index (χ4v) is 2.97. The van der Waals surface area contributed by atoms with Gasteiger partial charge in [-0.05, 0) is 31.5 Å². The van der Waals surface area contributed by atoms with Crippen LogP contribution in [0.2, 0.25) is 0 Å². The number of hydrogen-bond acceptors (Lipinski definition) is 6. The average molecular weight is 381 g/mol. The van der Waals surface area contributed by atoms with Gasteiger partial charge in [-0.2, -0.15) is 0 Å². The normalized spacial score (nSPS) is 16.9. The van der Waals surface area contributed by atoms with Crippen LogP contribution in [-0.4, -0.2) is 39.4 Å². The Labute approximate surface area is 155 Å². The van der Waals surface area contributed by atoms with E-state index in [1.807, 2.05) is 0 Å². The van der Waals surface area contributed by atoms with E-state index in [4.69, 9.17) is 14.2 Å². The second-order valence-corrected chi connectivity index (χ2v) is 5.93. The molecule has 0 saturated heterocycles. The molecule has 0 amide bonds. The van der Waals surface area contributed by atoms with Crippen LogP contribution in [0.1, 0.15) is 25.3 Å². The molecule has 1 aliphatic heterocycles. The second kappa shape index (κ2) is 8.77. The minimum Gasteiger partial charge on any atom is -0.466 e. The first-order valence-corrected chi connectivity index (χ1v) is 8.19. The molecule has 1 aromatic rings. The lowest BCUT2D eigenvalue weighted by Gasteiger charge is -2.30. The highest BCUT2D eigenvalue weighted by Gasteiger charge is 2.38. The van der Waals surface area contributed by atoms with Crippen molar-refractivity contribution in [2.75, 3.05) is 27.4 Å². The molecule has 1 atom stereocenters. The summed E-state index contributed by atoms with van der Waals surface area (Å²) in [5, 5.41) is 2.95. The Morgan fingerprint density at radius 2 is 1.63 bits per heavy atom. The summed E-state index contributed by atoms with van der Waals surface area (Å²) in [6, 6.07) is 3.22. The number of benzene rings is 1. The number of hydrogen-bond donors (Lipinski definition) is 1. The Balaban J connectivity index is 2.57. The van der Waals surface area contributed by atoms with E-state index in [0.29, 0.717) is 11.4 Å². The Morgan fingerprint density at radius 1 is 1.00 bits per heavy atom. The molecule has 2 rings (SSSR count). The Kier molecular flexibility index (Phi) is 6.68. The third-order valence-corrected chi connectivity index (χ3v) is 4.18. The van der Waals surface area contributed by atoms with Crippen LogP contribution in [0.25, 0.3) is 0 Å². The fraction of sp³-hybridized carbons (Fsp3) is 0.368. The maximum atomic E-state index is 13.8. The van der Waals surface area contributed by atoms with E-state index in [-0.39, 0.29) is 29.9 Å². The highest BCUT2D eigenvalue weighted by Crippen LogP contribution is 2.39. The van der Waals surface area contributed by atoms with Crippen molar-refractivity contribution in [1.29, 1.82) is 0 Å². The Morgan fingerprint density at radius 3 is 2.19 bits per heavy atom. The van der Waals surface area contributed by atoms with Gasteiger partial charge in [0.05, 0.1) is 30.8 Å². The van der Waals surface area contributed by atoms with Gasteiger partial charge in [0.15, 0.2) is 11.6 Å². The predicted octanol–water partition coefficient (Wildman–Crippen LogP) is 2.56. The summed E-state index contributed by atoms with van der Waals surface area (Å²) in [6.45, 7) is 3.47. The number of esters is 2. The van der Waals surface area contributed by atoms with Gasteiger partial charge < -0.3 is 19.5 Å². The zero-order chi connectivity index (χ0) is 20.1. The van der Waals surface area contributed by atoms with E-state index < -0.39 is 29.5 Å². The van der Waals surface area contributed by atoms with Crippen molar-refractivity contribution in [3.8, 4) is 0 Å². The Hall–Kier alpha value is -2.74. The molecule has 6 nitrogen and oxygen atoms in total. The maximum absolute atomic E-state index is 13.8. The van der Waals surface area contributed by atoms with Gasteiger partial charge in [0.2, 0.25) is 0 Å². The van der Waals surface area contributed by atoms with E-state index in [1.165, 1.54) is 20.3 Å². The molecule has 1 aromatic carbocycles. The first-order chi connectivity index (χ1) is 12.8. The molecule has 1 aliphatic rings. The maximum Gasteiger partial charge on any atom is 0.336 e. The van der Waals surface area contributed by atoms with Gasteiger partial charge in [-0.15, -0.1) is 0 Å². The summed E-state index contributed by atoms with van der Waals surface area (Å²) in [6.07, 6.45) is 0. The van der Waals surface area contributed by atoms with E-state index in [1.54, 1.807) is 13.8 Å². The molecule has 0 aromatic heterocycles. The first-order valence-electron chi connectivity index (χ1n) is 8.19. The van der Waals surface area contributed by atoms with Gasteiger partial charge in [0.25, 0.3) is 0 Å². The average Bonchev–Trinajstić information content (AvgIpc) is 2.63.